The number of amides is 1. The topological polar surface area (TPSA) is 50.4 Å². The molecule has 1 saturated heterocycles. The summed E-state index contributed by atoms with van der Waals surface area (Å²) in [6.07, 6.45) is 2.97. The zero-order valence-electron chi connectivity index (χ0n) is 12.4. The molecule has 0 saturated carbocycles. The molecule has 2 heterocycles. The number of benzene rings is 1. The Kier molecular flexibility index (Phi) is 6.36. The second-order valence-corrected chi connectivity index (χ2v) is 6.34. The van der Waals surface area contributed by atoms with Gasteiger partial charge in [0.05, 0.1) is 5.92 Å². The van der Waals surface area contributed by atoms with Gasteiger partial charge in [-0.1, -0.05) is 11.6 Å². The van der Waals surface area contributed by atoms with E-state index in [-0.39, 0.29) is 24.2 Å². The van der Waals surface area contributed by atoms with Gasteiger partial charge >= 0.3 is 0 Å². The van der Waals surface area contributed by atoms with Crippen molar-refractivity contribution in [2.45, 2.75) is 19.3 Å². The van der Waals surface area contributed by atoms with Crippen molar-refractivity contribution in [2.24, 2.45) is 11.8 Å². The molecule has 0 radical (unpaired) electrons. The number of hydrogen-bond acceptors (Lipinski definition) is 3. The Morgan fingerprint density at radius 2 is 2.32 bits per heavy atom. The van der Waals surface area contributed by atoms with Crippen molar-refractivity contribution in [1.82, 2.24) is 10.6 Å². The van der Waals surface area contributed by atoms with Crippen molar-refractivity contribution in [2.75, 3.05) is 26.2 Å². The fraction of sp³-hybridized carbons (Fsp3) is 0.562. The van der Waals surface area contributed by atoms with Crippen LogP contribution in [0.5, 0.6) is 5.75 Å². The Labute approximate surface area is 142 Å². The van der Waals surface area contributed by atoms with Gasteiger partial charge in [0, 0.05) is 11.6 Å². The highest BCUT2D eigenvalue weighted by atomic mass is 35.5. The van der Waals surface area contributed by atoms with E-state index in [9.17, 15) is 4.79 Å². The van der Waals surface area contributed by atoms with E-state index in [1.54, 1.807) is 0 Å². The molecule has 4 nitrogen and oxygen atoms in total. The normalized spacial score (nSPS) is 23.1. The maximum Gasteiger partial charge on any atom is 0.226 e. The van der Waals surface area contributed by atoms with Crippen LogP contribution in [0.15, 0.2) is 18.2 Å². The number of ether oxygens (including phenoxy) is 1. The molecule has 0 aliphatic carbocycles. The summed E-state index contributed by atoms with van der Waals surface area (Å²) in [5.41, 5.74) is 1.02. The predicted molar refractivity (Wildman–Crippen MR) is 90.0 cm³/mol. The zero-order valence-corrected chi connectivity index (χ0v) is 14.0. The molecule has 1 aromatic rings. The largest absolute Gasteiger partial charge is 0.492 e. The maximum absolute atomic E-state index is 12.2. The van der Waals surface area contributed by atoms with Crippen molar-refractivity contribution in [3.05, 3.63) is 28.8 Å². The third-order valence-electron chi connectivity index (χ3n) is 4.31. The molecule has 2 N–H and O–H groups in total. The molecule has 22 heavy (non-hydrogen) atoms. The molecule has 3 rings (SSSR count). The number of carbonyl (C=O) groups is 1. The highest BCUT2D eigenvalue weighted by molar-refractivity contribution is 6.30. The van der Waals surface area contributed by atoms with E-state index in [1.165, 1.54) is 6.42 Å². The molecular formula is C16H22Cl2N2O2. The fourth-order valence-electron chi connectivity index (χ4n) is 3.04. The van der Waals surface area contributed by atoms with E-state index in [0.717, 1.165) is 37.4 Å². The molecule has 1 fully saturated rings. The summed E-state index contributed by atoms with van der Waals surface area (Å²) in [4.78, 5) is 12.2. The molecule has 0 aromatic heterocycles. The van der Waals surface area contributed by atoms with Crippen LogP contribution in [-0.4, -0.2) is 32.1 Å². The summed E-state index contributed by atoms with van der Waals surface area (Å²) in [7, 11) is 0. The van der Waals surface area contributed by atoms with E-state index < -0.39 is 0 Å². The molecule has 6 heteroatoms. The lowest BCUT2D eigenvalue weighted by Crippen LogP contribution is -2.38. The average Bonchev–Trinajstić information content (AvgIpc) is 2.99. The molecule has 1 aromatic carbocycles. The lowest BCUT2D eigenvalue weighted by Gasteiger charge is -2.25. The van der Waals surface area contributed by atoms with Gasteiger partial charge in [0.1, 0.15) is 12.4 Å². The molecule has 2 aliphatic heterocycles. The van der Waals surface area contributed by atoms with E-state index in [2.05, 4.69) is 10.6 Å². The van der Waals surface area contributed by atoms with Crippen LogP contribution in [0, 0.1) is 11.8 Å². The number of halogens is 2. The Morgan fingerprint density at radius 3 is 3.09 bits per heavy atom. The molecule has 122 valence electrons. The minimum Gasteiger partial charge on any atom is -0.492 e. The molecule has 0 bridgehead atoms. The second kappa shape index (κ2) is 8.04. The van der Waals surface area contributed by atoms with Crippen molar-refractivity contribution in [1.29, 1.82) is 0 Å². The Bertz CT molecular complexity index is 519. The summed E-state index contributed by atoms with van der Waals surface area (Å²) < 4.78 is 5.66. The van der Waals surface area contributed by atoms with Crippen LogP contribution in [0.25, 0.3) is 0 Å². The number of nitrogens with one attached hydrogen (secondary N) is 2. The van der Waals surface area contributed by atoms with Gasteiger partial charge in [-0.3, -0.25) is 4.79 Å². The van der Waals surface area contributed by atoms with Crippen LogP contribution in [0.3, 0.4) is 0 Å². The van der Waals surface area contributed by atoms with Crippen molar-refractivity contribution < 1.29 is 9.53 Å². The van der Waals surface area contributed by atoms with Crippen molar-refractivity contribution in [3.63, 3.8) is 0 Å². The predicted octanol–water partition coefficient (Wildman–Crippen LogP) is 2.43. The number of rotatable bonds is 4. The van der Waals surface area contributed by atoms with Gasteiger partial charge in [-0.25, -0.2) is 0 Å². The standard InChI is InChI=1S/C16H21ClN2O2.ClH/c17-14-1-2-15-12(8-14)7-13(10-21-15)16(20)19-6-4-11-3-5-18-9-11;/h1-2,8,11,13,18H,3-7,9-10H2,(H,19,20);1H. The van der Waals surface area contributed by atoms with Crippen LogP contribution >= 0.6 is 24.0 Å². The minimum absolute atomic E-state index is 0. The maximum atomic E-state index is 12.2. The molecule has 1 amide bonds. The quantitative estimate of drug-likeness (QED) is 0.881. The van der Waals surface area contributed by atoms with Crippen LogP contribution in [-0.2, 0) is 11.2 Å². The molecule has 2 aliphatic rings. The van der Waals surface area contributed by atoms with Gasteiger partial charge in [-0.05, 0) is 62.0 Å². The smallest absolute Gasteiger partial charge is 0.226 e. The Hall–Kier alpha value is -0.970. The third-order valence-corrected chi connectivity index (χ3v) is 4.55. The van der Waals surface area contributed by atoms with E-state index >= 15 is 0 Å². The molecule has 0 spiro atoms. The van der Waals surface area contributed by atoms with Gasteiger partial charge < -0.3 is 15.4 Å². The first-order valence-electron chi connectivity index (χ1n) is 7.62. The SMILES string of the molecule is Cl.O=C(NCCC1CCNC1)C1COc2ccc(Cl)cc2C1. The van der Waals surface area contributed by atoms with Gasteiger partial charge in [-0.2, -0.15) is 0 Å². The summed E-state index contributed by atoms with van der Waals surface area (Å²) in [6.45, 7) is 3.39. The average molecular weight is 345 g/mol. The third kappa shape index (κ3) is 4.28. The lowest BCUT2D eigenvalue weighted by molar-refractivity contribution is -0.126. The number of carbonyl (C=O) groups excluding carboxylic acids is 1. The first-order valence-corrected chi connectivity index (χ1v) is 8.00. The lowest BCUT2D eigenvalue weighted by atomic mass is 9.96. The Balaban J connectivity index is 0.00000176. The van der Waals surface area contributed by atoms with Crippen molar-refractivity contribution >= 4 is 29.9 Å². The fourth-order valence-corrected chi connectivity index (χ4v) is 3.23. The van der Waals surface area contributed by atoms with Gasteiger partial charge in [-0.15, -0.1) is 12.4 Å². The first-order chi connectivity index (χ1) is 10.2. The highest BCUT2D eigenvalue weighted by Crippen LogP contribution is 2.29. The van der Waals surface area contributed by atoms with E-state index in [4.69, 9.17) is 16.3 Å². The summed E-state index contributed by atoms with van der Waals surface area (Å²) in [5.74, 6) is 1.53. The van der Waals surface area contributed by atoms with Crippen LogP contribution in [0.1, 0.15) is 18.4 Å². The monoisotopic (exact) mass is 344 g/mol. The van der Waals surface area contributed by atoms with Gasteiger partial charge in [0.2, 0.25) is 5.91 Å². The van der Waals surface area contributed by atoms with E-state index in [1.807, 2.05) is 18.2 Å². The van der Waals surface area contributed by atoms with Crippen molar-refractivity contribution in [3.8, 4) is 5.75 Å². The summed E-state index contributed by atoms with van der Waals surface area (Å²) in [6, 6.07) is 5.58. The van der Waals surface area contributed by atoms with Gasteiger partial charge in [0.25, 0.3) is 0 Å². The number of fused-ring (bicyclic) bond motifs is 1. The van der Waals surface area contributed by atoms with Gasteiger partial charge in [0.15, 0.2) is 0 Å². The molecule has 2 unspecified atom stereocenters. The number of hydrogen-bond donors (Lipinski definition) is 2. The highest BCUT2D eigenvalue weighted by Gasteiger charge is 2.26. The second-order valence-electron chi connectivity index (χ2n) is 5.90. The van der Waals surface area contributed by atoms with Crippen LogP contribution < -0.4 is 15.4 Å². The van der Waals surface area contributed by atoms with E-state index in [0.29, 0.717) is 24.0 Å². The zero-order chi connectivity index (χ0) is 14.7. The minimum atomic E-state index is -0.113. The summed E-state index contributed by atoms with van der Waals surface area (Å²) in [5, 5.41) is 7.08. The Morgan fingerprint density at radius 1 is 1.45 bits per heavy atom. The van der Waals surface area contributed by atoms with Crippen LogP contribution in [0.2, 0.25) is 5.02 Å². The molecule has 2 atom stereocenters. The first kappa shape index (κ1) is 17.4. The molecular weight excluding hydrogens is 323 g/mol. The van der Waals surface area contributed by atoms with Crippen LogP contribution in [0.4, 0.5) is 0 Å². The summed E-state index contributed by atoms with van der Waals surface area (Å²) >= 11 is 6.00.